The highest BCUT2D eigenvalue weighted by Gasteiger charge is 2.12. The molecule has 0 amide bonds. The molecule has 0 aliphatic carbocycles. The van der Waals surface area contributed by atoms with Crippen LogP contribution >= 0.6 is 0 Å². The molecular formula is C30H42O4. The third-order valence-corrected chi connectivity index (χ3v) is 5.60. The van der Waals surface area contributed by atoms with Crippen LogP contribution in [0.4, 0.5) is 0 Å². The second-order valence-electron chi connectivity index (χ2n) is 9.08. The molecule has 3 atom stereocenters. The van der Waals surface area contributed by atoms with Gasteiger partial charge in [-0.3, -0.25) is 4.79 Å². The van der Waals surface area contributed by atoms with Gasteiger partial charge in [0, 0.05) is 11.1 Å². The summed E-state index contributed by atoms with van der Waals surface area (Å²) in [6.45, 7) is 12.6. The number of hydrogen-bond donors (Lipinski definition) is 0. The van der Waals surface area contributed by atoms with E-state index in [4.69, 9.17) is 14.2 Å². The zero-order chi connectivity index (χ0) is 24.9. The third kappa shape index (κ3) is 9.24. The van der Waals surface area contributed by atoms with Crippen LogP contribution < -0.4 is 14.2 Å². The first-order valence-corrected chi connectivity index (χ1v) is 12.8. The summed E-state index contributed by atoms with van der Waals surface area (Å²) in [6, 6.07) is 13.2. The van der Waals surface area contributed by atoms with Crippen LogP contribution in [-0.2, 0) is 0 Å². The average Bonchev–Trinajstić information content (AvgIpc) is 2.79. The van der Waals surface area contributed by atoms with Crippen molar-refractivity contribution in [2.45, 2.75) is 98.4 Å². The molecule has 2 aromatic carbocycles. The fraction of sp³-hybridized carbons (Fsp3) is 0.500. The quantitative estimate of drug-likeness (QED) is 0.196. The summed E-state index contributed by atoms with van der Waals surface area (Å²) in [7, 11) is 0. The molecule has 0 fully saturated rings. The van der Waals surface area contributed by atoms with Crippen molar-refractivity contribution in [3.8, 4) is 17.2 Å². The number of hydrogen-bond acceptors (Lipinski definition) is 4. The molecule has 2 rings (SSSR count). The molecule has 34 heavy (non-hydrogen) atoms. The highest BCUT2D eigenvalue weighted by Crippen LogP contribution is 2.28. The van der Waals surface area contributed by atoms with Gasteiger partial charge < -0.3 is 14.2 Å². The number of carbonyl (C=O) groups is 1. The molecule has 0 aliphatic rings. The highest BCUT2D eigenvalue weighted by molar-refractivity contribution is 6.07. The van der Waals surface area contributed by atoms with Crippen molar-refractivity contribution in [2.24, 2.45) is 0 Å². The molecule has 0 N–H and O–H groups in total. The first-order valence-electron chi connectivity index (χ1n) is 12.8. The normalized spacial score (nSPS) is 13.9. The minimum atomic E-state index is -0.0770. The number of ketones is 1. The summed E-state index contributed by atoms with van der Waals surface area (Å²) in [5, 5.41) is 0. The van der Waals surface area contributed by atoms with Gasteiger partial charge in [0.1, 0.15) is 17.2 Å². The van der Waals surface area contributed by atoms with E-state index in [2.05, 4.69) is 41.5 Å². The average molecular weight is 467 g/mol. The molecule has 0 aromatic heterocycles. The Hall–Kier alpha value is -2.75. The largest absolute Gasteiger partial charge is 0.491 e. The van der Waals surface area contributed by atoms with Gasteiger partial charge in [-0.2, -0.15) is 0 Å². The number of allylic oxidation sites excluding steroid dienone is 1. The second kappa shape index (κ2) is 14.5. The van der Waals surface area contributed by atoms with Gasteiger partial charge in [0.25, 0.3) is 0 Å². The number of carbonyl (C=O) groups excluding carboxylic acids is 1. The fourth-order valence-corrected chi connectivity index (χ4v) is 3.90. The Morgan fingerprint density at radius 2 is 1.32 bits per heavy atom. The first-order chi connectivity index (χ1) is 16.4. The third-order valence-electron chi connectivity index (χ3n) is 5.60. The van der Waals surface area contributed by atoms with Crippen molar-refractivity contribution < 1.29 is 19.0 Å². The minimum Gasteiger partial charge on any atom is -0.491 e. The smallest absolute Gasteiger partial charge is 0.185 e. The number of ether oxygens (including phenoxy) is 3. The van der Waals surface area contributed by atoms with Gasteiger partial charge in [-0.05, 0) is 82.5 Å². The molecule has 0 saturated carbocycles. The Morgan fingerprint density at radius 1 is 0.765 bits per heavy atom. The predicted molar refractivity (Wildman–Crippen MR) is 141 cm³/mol. The van der Waals surface area contributed by atoms with Gasteiger partial charge in [0.2, 0.25) is 0 Å². The molecule has 0 radical (unpaired) electrons. The number of rotatable bonds is 15. The predicted octanol–water partition coefficient (Wildman–Crippen LogP) is 8.28. The molecule has 186 valence electrons. The minimum absolute atomic E-state index is 0.0770. The zero-order valence-corrected chi connectivity index (χ0v) is 21.8. The zero-order valence-electron chi connectivity index (χ0n) is 21.8. The fourth-order valence-electron chi connectivity index (χ4n) is 3.90. The molecule has 3 unspecified atom stereocenters. The van der Waals surface area contributed by atoms with Crippen LogP contribution in [0.1, 0.15) is 96.0 Å². The first kappa shape index (κ1) is 27.5. The van der Waals surface area contributed by atoms with Crippen LogP contribution in [0.5, 0.6) is 17.2 Å². The molecule has 0 spiro atoms. The van der Waals surface area contributed by atoms with Crippen molar-refractivity contribution in [1.29, 1.82) is 0 Å². The van der Waals surface area contributed by atoms with Crippen LogP contribution in [0.25, 0.3) is 6.08 Å². The van der Waals surface area contributed by atoms with Crippen LogP contribution in [0, 0.1) is 0 Å². The Bertz CT molecular complexity index is 918. The van der Waals surface area contributed by atoms with Gasteiger partial charge in [0.15, 0.2) is 5.78 Å². The van der Waals surface area contributed by atoms with E-state index in [9.17, 15) is 4.79 Å². The Labute approximate surface area is 206 Å². The maximum Gasteiger partial charge on any atom is 0.185 e. The lowest BCUT2D eigenvalue weighted by Gasteiger charge is -2.18. The maximum atomic E-state index is 13.0. The molecular weight excluding hydrogens is 424 g/mol. The van der Waals surface area contributed by atoms with E-state index >= 15 is 0 Å². The van der Waals surface area contributed by atoms with Crippen molar-refractivity contribution in [3.05, 3.63) is 59.7 Å². The number of benzene rings is 2. The van der Waals surface area contributed by atoms with E-state index in [1.807, 2.05) is 48.5 Å². The van der Waals surface area contributed by atoms with Crippen LogP contribution in [0.3, 0.4) is 0 Å². The Balaban J connectivity index is 2.24. The van der Waals surface area contributed by atoms with Gasteiger partial charge in [0.05, 0.1) is 18.3 Å². The van der Waals surface area contributed by atoms with Crippen LogP contribution in [0.15, 0.2) is 48.5 Å². The van der Waals surface area contributed by atoms with E-state index in [0.717, 1.165) is 61.3 Å². The summed E-state index contributed by atoms with van der Waals surface area (Å²) in [6.07, 6.45) is 9.88. The molecule has 0 bridgehead atoms. The van der Waals surface area contributed by atoms with E-state index in [-0.39, 0.29) is 24.1 Å². The topological polar surface area (TPSA) is 44.8 Å². The van der Waals surface area contributed by atoms with E-state index in [0.29, 0.717) is 5.56 Å². The summed E-state index contributed by atoms with van der Waals surface area (Å²) in [4.78, 5) is 13.0. The van der Waals surface area contributed by atoms with E-state index < -0.39 is 0 Å². The molecule has 4 heteroatoms. The second-order valence-corrected chi connectivity index (χ2v) is 9.08. The van der Waals surface area contributed by atoms with Gasteiger partial charge in [-0.15, -0.1) is 0 Å². The summed E-state index contributed by atoms with van der Waals surface area (Å²) in [5.41, 5.74) is 1.43. The summed E-state index contributed by atoms with van der Waals surface area (Å²) >= 11 is 0. The lowest BCUT2D eigenvalue weighted by molar-refractivity contribution is 0.104. The Kier molecular flexibility index (Phi) is 11.7. The molecule has 0 aliphatic heterocycles. The van der Waals surface area contributed by atoms with Crippen molar-refractivity contribution >= 4 is 11.9 Å². The van der Waals surface area contributed by atoms with Crippen molar-refractivity contribution in [1.82, 2.24) is 0 Å². The van der Waals surface area contributed by atoms with Gasteiger partial charge in [-0.25, -0.2) is 0 Å². The molecule has 4 nitrogen and oxygen atoms in total. The van der Waals surface area contributed by atoms with Crippen LogP contribution in [-0.4, -0.2) is 24.1 Å². The maximum absolute atomic E-state index is 13.0. The van der Waals surface area contributed by atoms with Crippen molar-refractivity contribution in [3.63, 3.8) is 0 Å². The lowest BCUT2D eigenvalue weighted by Crippen LogP contribution is -2.13. The van der Waals surface area contributed by atoms with Gasteiger partial charge in [-0.1, -0.05) is 52.2 Å². The lowest BCUT2D eigenvalue weighted by atomic mass is 10.1. The molecule has 2 aromatic rings. The van der Waals surface area contributed by atoms with Gasteiger partial charge >= 0.3 is 0 Å². The molecule has 0 saturated heterocycles. The monoisotopic (exact) mass is 466 g/mol. The van der Waals surface area contributed by atoms with E-state index in [1.54, 1.807) is 6.08 Å². The molecule has 0 heterocycles. The Morgan fingerprint density at radius 3 is 1.91 bits per heavy atom. The van der Waals surface area contributed by atoms with Crippen LogP contribution in [0.2, 0.25) is 0 Å². The van der Waals surface area contributed by atoms with E-state index in [1.165, 1.54) is 0 Å². The standard InChI is InChI=1S/C30H42O4/c1-7-11-22(4)32-27-15-10-14-25(20-27)29(31)18-16-26-21-28(33-23(5)12-8-2)17-19-30(26)34-24(6)13-9-3/h10,14-24H,7-9,11-13H2,1-6H3. The summed E-state index contributed by atoms with van der Waals surface area (Å²) < 4.78 is 18.2. The van der Waals surface area contributed by atoms with Crippen molar-refractivity contribution in [2.75, 3.05) is 0 Å². The summed E-state index contributed by atoms with van der Waals surface area (Å²) in [5.74, 6) is 2.18. The SMILES string of the molecule is CCCC(C)Oc1cccc(C(=O)C=Cc2cc(OC(C)CCC)ccc2OC(C)CCC)c1. The highest BCUT2D eigenvalue weighted by atomic mass is 16.5.